The van der Waals surface area contributed by atoms with Crippen molar-refractivity contribution in [2.24, 2.45) is 5.11 Å². The van der Waals surface area contributed by atoms with Crippen molar-refractivity contribution in [2.75, 3.05) is 5.32 Å². The van der Waals surface area contributed by atoms with Crippen LogP contribution in [0.4, 0.5) is 11.4 Å². The van der Waals surface area contributed by atoms with Crippen LogP contribution in [0.15, 0.2) is 47.6 Å². The molecule has 100 valence electrons. The van der Waals surface area contributed by atoms with Crippen LogP contribution in [-0.2, 0) is 0 Å². The molecule has 0 aliphatic rings. The first-order valence-electron chi connectivity index (χ1n) is 6.14. The Balaban J connectivity index is 2.21. The number of rotatable bonds is 3. The van der Waals surface area contributed by atoms with Gasteiger partial charge in [0.25, 0.3) is 5.91 Å². The molecule has 0 spiro atoms. The van der Waals surface area contributed by atoms with Crippen LogP contribution < -0.4 is 5.32 Å². The molecular weight excluding hydrogens is 252 g/mol. The summed E-state index contributed by atoms with van der Waals surface area (Å²) in [7, 11) is 0. The van der Waals surface area contributed by atoms with Gasteiger partial charge in [-0.3, -0.25) is 4.79 Å². The Labute approximate surface area is 116 Å². The largest absolute Gasteiger partial charge is 0.322 e. The zero-order valence-electron chi connectivity index (χ0n) is 11.3. The number of anilines is 1. The lowest BCUT2D eigenvalue weighted by Gasteiger charge is -2.08. The molecule has 0 unspecified atom stereocenters. The minimum atomic E-state index is -0.233. The van der Waals surface area contributed by atoms with Gasteiger partial charge in [0.15, 0.2) is 0 Å². The molecule has 2 aromatic carbocycles. The first-order valence-corrected chi connectivity index (χ1v) is 6.14. The number of nitrogens with one attached hydrogen (secondary N) is 1. The van der Waals surface area contributed by atoms with Gasteiger partial charge in [0, 0.05) is 21.8 Å². The maximum atomic E-state index is 12.1. The van der Waals surface area contributed by atoms with E-state index in [1.54, 1.807) is 24.3 Å². The molecule has 0 aliphatic carbocycles. The summed E-state index contributed by atoms with van der Waals surface area (Å²) in [6.45, 7) is 4.01. The molecule has 0 saturated carbocycles. The Kier molecular flexibility index (Phi) is 4.03. The molecule has 0 bridgehead atoms. The SMILES string of the molecule is Cc1ccc(NC(=O)c2cccc(N=[N+]=[N-])c2)cc1C. The summed E-state index contributed by atoms with van der Waals surface area (Å²) in [5.41, 5.74) is 12.3. The molecule has 5 heteroatoms. The summed E-state index contributed by atoms with van der Waals surface area (Å²) in [6.07, 6.45) is 0. The quantitative estimate of drug-likeness (QED) is 0.495. The number of hydrogen-bond donors (Lipinski definition) is 1. The molecule has 0 radical (unpaired) electrons. The van der Waals surface area contributed by atoms with Gasteiger partial charge in [0.1, 0.15) is 0 Å². The van der Waals surface area contributed by atoms with E-state index in [4.69, 9.17) is 5.53 Å². The van der Waals surface area contributed by atoms with Crippen molar-refractivity contribution in [1.29, 1.82) is 0 Å². The van der Waals surface area contributed by atoms with Gasteiger partial charge in [-0.2, -0.15) is 0 Å². The Bertz CT molecular complexity index is 703. The predicted octanol–water partition coefficient (Wildman–Crippen LogP) is 4.50. The van der Waals surface area contributed by atoms with Crippen LogP contribution in [0.1, 0.15) is 21.5 Å². The molecule has 0 aliphatic heterocycles. The highest BCUT2D eigenvalue weighted by atomic mass is 16.1. The zero-order valence-corrected chi connectivity index (χ0v) is 11.3. The normalized spacial score (nSPS) is 9.70. The minimum Gasteiger partial charge on any atom is -0.322 e. The Hall–Kier alpha value is -2.78. The maximum absolute atomic E-state index is 12.1. The molecule has 0 fully saturated rings. The van der Waals surface area contributed by atoms with Gasteiger partial charge in [0.05, 0.1) is 0 Å². The minimum absolute atomic E-state index is 0.233. The van der Waals surface area contributed by atoms with Gasteiger partial charge in [-0.05, 0) is 54.8 Å². The van der Waals surface area contributed by atoms with Gasteiger partial charge < -0.3 is 5.32 Å². The number of benzene rings is 2. The van der Waals surface area contributed by atoms with Gasteiger partial charge in [-0.1, -0.05) is 23.3 Å². The highest BCUT2D eigenvalue weighted by molar-refractivity contribution is 6.04. The summed E-state index contributed by atoms with van der Waals surface area (Å²) in [5.74, 6) is -0.233. The molecule has 2 aromatic rings. The topological polar surface area (TPSA) is 77.9 Å². The van der Waals surface area contributed by atoms with E-state index in [-0.39, 0.29) is 5.91 Å². The van der Waals surface area contributed by atoms with Crippen molar-refractivity contribution in [2.45, 2.75) is 13.8 Å². The molecule has 0 aromatic heterocycles. The highest BCUT2D eigenvalue weighted by Gasteiger charge is 2.07. The van der Waals surface area contributed by atoms with Gasteiger partial charge in [-0.25, -0.2) is 0 Å². The molecule has 0 atom stereocenters. The van der Waals surface area contributed by atoms with Crippen molar-refractivity contribution >= 4 is 17.3 Å². The zero-order chi connectivity index (χ0) is 14.5. The Morgan fingerprint density at radius 3 is 2.65 bits per heavy atom. The summed E-state index contributed by atoms with van der Waals surface area (Å²) in [5, 5.41) is 6.30. The lowest BCUT2D eigenvalue weighted by Crippen LogP contribution is -2.11. The third-order valence-electron chi connectivity index (χ3n) is 3.03. The third-order valence-corrected chi connectivity index (χ3v) is 3.03. The predicted molar refractivity (Wildman–Crippen MR) is 79.1 cm³/mol. The van der Waals surface area contributed by atoms with Crippen LogP contribution in [-0.4, -0.2) is 5.91 Å². The van der Waals surface area contributed by atoms with Crippen molar-refractivity contribution in [3.63, 3.8) is 0 Å². The van der Waals surface area contributed by atoms with Crippen molar-refractivity contribution in [3.8, 4) is 0 Å². The number of carbonyl (C=O) groups excluding carboxylic acids is 1. The maximum Gasteiger partial charge on any atom is 0.255 e. The van der Waals surface area contributed by atoms with E-state index in [2.05, 4.69) is 15.3 Å². The van der Waals surface area contributed by atoms with E-state index in [1.807, 2.05) is 32.0 Å². The van der Waals surface area contributed by atoms with Crippen LogP contribution in [0, 0.1) is 13.8 Å². The van der Waals surface area contributed by atoms with E-state index in [0.29, 0.717) is 11.3 Å². The fourth-order valence-electron chi connectivity index (χ4n) is 1.78. The van der Waals surface area contributed by atoms with E-state index in [1.165, 1.54) is 5.56 Å². The molecule has 1 amide bonds. The van der Waals surface area contributed by atoms with Crippen molar-refractivity contribution in [1.82, 2.24) is 0 Å². The number of amides is 1. The van der Waals surface area contributed by atoms with Crippen LogP contribution in [0.5, 0.6) is 0 Å². The lowest BCUT2D eigenvalue weighted by molar-refractivity contribution is 0.102. The summed E-state index contributed by atoms with van der Waals surface area (Å²) >= 11 is 0. The second kappa shape index (κ2) is 5.91. The summed E-state index contributed by atoms with van der Waals surface area (Å²) in [4.78, 5) is 14.8. The van der Waals surface area contributed by atoms with E-state index in [0.717, 1.165) is 11.3 Å². The van der Waals surface area contributed by atoms with E-state index >= 15 is 0 Å². The number of aryl methyl sites for hydroxylation is 2. The van der Waals surface area contributed by atoms with E-state index < -0.39 is 0 Å². The molecule has 2 rings (SSSR count). The highest BCUT2D eigenvalue weighted by Crippen LogP contribution is 2.18. The van der Waals surface area contributed by atoms with Gasteiger partial charge >= 0.3 is 0 Å². The molecule has 1 N–H and O–H groups in total. The standard InChI is InChI=1S/C15H14N4O/c1-10-6-7-13(8-11(10)2)17-15(20)12-4-3-5-14(9-12)18-19-16/h3-9H,1-2H3,(H,17,20). The van der Waals surface area contributed by atoms with E-state index in [9.17, 15) is 4.79 Å². The van der Waals surface area contributed by atoms with Gasteiger partial charge in [-0.15, -0.1) is 0 Å². The molecular formula is C15H14N4O. The number of azide groups is 1. The van der Waals surface area contributed by atoms with Crippen molar-refractivity contribution < 1.29 is 4.79 Å². The van der Waals surface area contributed by atoms with Crippen LogP contribution in [0.2, 0.25) is 0 Å². The first-order chi connectivity index (χ1) is 9.60. The average molecular weight is 266 g/mol. The fourth-order valence-corrected chi connectivity index (χ4v) is 1.78. The monoisotopic (exact) mass is 266 g/mol. The number of carbonyl (C=O) groups is 1. The molecule has 5 nitrogen and oxygen atoms in total. The smallest absolute Gasteiger partial charge is 0.255 e. The Morgan fingerprint density at radius 2 is 1.95 bits per heavy atom. The second-order valence-corrected chi connectivity index (χ2v) is 4.49. The first kappa shape index (κ1) is 13.6. The van der Waals surface area contributed by atoms with Crippen LogP contribution >= 0.6 is 0 Å². The molecule has 20 heavy (non-hydrogen) atoms. The van der Waals surface area contributed by atoms with Crippen LogP contribution in [0.25, 0.3) is 10.4 Å². The van der Waals surface area contributed by atoms with Gasteiger partial charge in [0.2, 0.25) is 0 Å². The Morgan fingerprint density at radius 1 is 1.15 bits per heavy atom. The van der Waals surface area contributed by atoms with Crippen molar-refractivity contribution in [3.05, 3.63) is 69.6 Å². The average Bonchev–Trinajstić information content (AvgIpc) is 2.43. The van der Waals surface area contributed by atoms with Crippen LogP contribution in [0.3, 0.4) is 0 Å². The second-order valence-electron chi connectivity index (χ2n) is 4.49. The lowest BCUT2D eigenvalue weighted by atomic mass is 10.1. The number of hydrogen-bond acceptors (Lipinski definition) is 2. The number of nitrogens with zero attached hydrogens (tertiary/aromatic N) is 3. The molecule has 0 saturated heterocycles. The third kappa shape index (κ3) is 3.16. The fraction of sp³-hybridized carbons (Fsp3) is 0.133. The summed E-state index contributed by atoms with van der Waals surface area (Å²) in [6, 6.07) is 12.3. The summed E-state index contributed by atoms with van der Waals surface area (Å²) < 4.78 is 0. The molecule has 0 heterocycles.